The molecule has 0 aliphatic heterocycles. The number of carbonyl (C=O) groups excluding carboxylic acids is 1. The van der Waals surface area contributed by atoms with Crippen LogP contribution in [0.15, 0.2) is 47.0 Å². The van der Waals surface area contributed by atoms with Crippen LogP contribution in [-0.4, -0.2) is 10.9 Å². The molecule has 0 saturated heterocycles. The van der Waals surface area contributed by atoms with E-state index >= 15 is 0 Å². The Hall–Kier alpha value is -1.72. The number of aryl methyl sites for hydroxylation is 1. The van der Waals surface area contributed by atoms with Crippen LogP contribution < -0.4 is 5.32 Å². The van der Waals surface area contributed by atoms with Crippen LogP contribution in [0.3, 0.4) is 0 Å². The summed E-state index contributed by atoms with van der Waals surface area (Å²) in [6, 6.07) is 9.96. The molecule has 3 rings (SSSR count). The number of carbonyl (C=O) groups is 1. The van der Waals surface area contributed by atoms with Gasteiger partial charge in [-0.1, -0.05) is 46.4 Å². The van der Waals surface area contributed by atoms with E-state index in [1.54, 1.807) is 42.6 Å². The third kappa shape index (κ3) is 4.71. The van der Waals surface area contributed by atoms with Gasteiger partial charge in [-0.15, -0.1) is 0 Å². The molecular weight excluding hydrogens is 418 g/mol. The number of nitrogens with one attached hydrogen (secondary N) is 1. The molecule has 0 radical (unpaired) electrons. The van der Waals surface area contributed by atoms with Crippen LogP contribution in [0.25, 0.3) is 11.3 Å². The Bertz CT molecular complexity index is 956. The second-order valence-corrected chi connectivity index (χ2v) is 7.10. The molecule has 0 atom stereocenters. The zero-order valence-corrected chi connectivity index (χ0v) is 16.3. The standard InChI is InChI=1S/C18H12Cl4N2O2/c19-10-1-3-12(14(22)7-10)16-9-23-18(26-16)6-5-17(25)24-15-8-11(20)2-4-13(15)21/h1-4,7-9H,5-6H2,(H,24,25). The highest BCUT2D eigenvalue weighted by atomic mass is 35.5. The van der Waals surface area contributed by atoms with E-state index in [0.29, 0.717) is 49.4 Å². The summed E-state index contributed by atoms with van der Waals surface area (Å²) in [6.07, 6.45) is 2.07. The maximum atomic E-state index is 12.1. The lowest BCUT2D eigenvalue weighted by molar-refractivity contribution is -0.116. The molecule has 8 heteroatoms. The van der Waals surface area contributed by atoms with Crippen LogP contribution in [0.2, 0.25) is 20.1 Å². The van der Waals surface area contributed by atoms with Crippen molar-refractivity contribution in [2.75, 3.05) is 5.32 Å². The molecule has 0 fully saturated rings. The number of oxazole rings is 1. The Morgan fingerprint density at radius 2 is 1.73 bits per heavy atom. The second kappa shape index (κ2) is 8.31. The Morgan fingerprint density at radius 1 is 1.00 bits per heavy atom. The van der Waals surface area contributed by atoms with Gasteiger partial charge in [0.1, 0.15) is 0 Å². The summed E-state index contributed by atoms with van der Waals surface area (Å²) in [6.45, 7) is 0. The van der Waals surface area contributed by atoms with Gasteiger partial charge in [-0.25, -0.2) is 4.98 Å². The van der Waals surface area contributed by atoms with Crippen molar-refractivity contribution < 1.29 is 9.21 Å². The van der Waals surface area contributed by atoms with E-state index in [4.69, 9.17) is 50.8 Å². The average molecular weight is 430 g/mol. The largest absolute Gasteiger partial charge is 0.441 e. The topological polar surface area (TPSA) is 55.1 Å². The van der Waals surface area contributed by atoms with Gasteiger partial charge in [0.15, 0.2) is 11.7 Å². The van der Waals surface area contributed by atoms with Crippen LogP contribution >= 0.6 is 46.4 Å². The molecule has 4 nitrogen and oxygen atoms in total. The number of nitrogens with zero attached hydrogens (tertiary/aromatic N) is 1. The molecular formula is C18H12Cl4N2O2. The first-order chi connectivity index (χ1) is 12.4. The Morgan fingerprint density at radius 3 is 2.50 bits per heavy atom. The lowest BCUT2D eigenvalue weighted by atomic mass is 10.2. The van der Waals surface area contributed by atoms with Crippen molar-refractivity contribution in [3.63, 3.8) is 0 Å². The summed E-state index contributed by atoms with van der Waals surface area (Å²) >= 11 is 24.0. The predicted molar refractivity (Wildman–Crippen MR) is 105 cm³/mol. The van der Waals surface area contributed by atoms with Gasteiger partial charge < -0.3 is 9.73 Å². The summed E-state index contributed by atoms with van der Waals surface area (Å²) in [7, 11) is 0. The molecule has 0 spiro atoms. The summed E-state index contributed by atoms with van der Waals surface area (Å²) in [5.41, 5.74) is 1.15. The van der Waals surface area contributed by atoms with Gasteiger partial charge in [-0.05, 0) is 36.4 Å². The highest BCUT2D eigenvalue weighted by molar-refractivity contribution is 6.36. The minimum atomic E-state index is -0.224. The fourth-order valence-electron chi connectivity index (χ4n) is 2.27. The van der Waals surface area contributed by atoms with Crippen molar-refractivity contribution >= 4 is 58.0 Å². The number of aromatic nitrogens is 1. The number of hydrogen-bond acceptors (Lipinski definition) is 3. The van der Waals surface area contributed by atoms with Crippen molar-refractivity contribution in [3.8, 4) is 11.3 Å². The van der Waals surface area contributed by atoms with Crippen molar-refractivity contribution in [3.05, 3.63) is 68.6 Å². The van der Waals surface area contributed by atoms with Gasteiger partial charge in [0.2, 0.25) is 5.91 Å². The van der Waals surface area contributed by atoms with E-state index < -0.39 is 0 Å². The van der Waals surface area contributed by atoms with Gasteiger partial charge in [-0.3, -0.25) is 4.79 Å². The molecule has 0 unspecified atom stereocenters. The SMILES string of the molecule is O=C(CCc1ncc(-c2ccc(Cl)cc2Cl)o1)Nc1cc(Cl)ccc1Cl. The zero-order chi connectivity index (χ0) is 18.7. The van der Waals surface area contributed by atoms with Gasteiger partial charge in [0, 0.05) is 28.5 Å². The molecule has 1 heterocycles. The number of rotatable bonds is 5. The number of hydrogen-bond donors (Lipinski definition) is 1. The predicted octanol–water partition coefficient (Wildman–Crippen LogP) is 6.53. The second-order valence-electron chi connectivity index (χ2n) is 5.41. The van der Waals surface area contributed by atoms with Crippen molar-refractivity contribution in [1.29, 1.82) is 0 Å². The molecule has 0 aliphatic rings. The average Bonchev–Trinajstić information content (AvgIpc) is 3.05. The highest BCUT2D eigenvalue weighted by Gasteiger charge is 2.12. The van der Waals surface area contributed by atoms with Crippen LogP contribution in [-0.2, 0) is 11.2 Å². The highest BCUT2D eigenvalue weighted by Crippen LogP contribution is 2.31. The van der Waals surface area contributed by atoms with Crippen LogP contribution in [0.1, 0.15) is 12.3 Å². The molecule has 3 aromatic rings. The van der Waals surface area contributed by atoms with Crippen molar-refractivity contribution in [1.82, 2.24) is 4.98 Å². The Labute approximate surface area is 170 Å². The van der Waals surface area contributed by atoms with Gasteiger partial charge >= 0.3 is 0 Å². The zero-order valence-electron chi connectivity index (χ0n) is 13.2. The number of anilines is 1. The van der Waals surface area contributed by atoms with E-state index in [2.05, 4.69) is 10.3 Å². The molecule has 134 valence electrons. The molecule has 2 aromatic carbocycles. The lowest BCUT2D eigenvalue weighted by Crippen LogP contribution is -2.12. The molecule has 0 saturated carbocycles. The first-order valence-corrected chi connectivity index (χ1v) is 9.08. The van der Waals surface area contributed by atoms with E-state index in [1.165, 1.54) is 0 Å². The van der Waals surface area contributed by atoms with Crippen LogP contribution in [0, 0.1) is 0 Å². The fraction of sp³-hybridized carbons (Fsp3) is 0.111. The van der Waals surface area contributed by atoms with E-state index in [1.807, 2.05) is 0 Å². The fourth-order valence-corrected chi connectivity index (χ4v) is 3.10. The molecule has 0 bridgehead atoms. The summed E-state index contributed by atoms with van der Waals surface area (Å²) < 4.78 is 5.67. The van der Waals surface area contributed by atoms with E-state index in [0.717, 1.165) is 0 Å². The molecule has 1 aromatic heterocycles. The Balaban J connectivity index is 1.62. The maximum Gasteiger partial charge on any atom is 0.224 e. The normalized spacial score (nSPS) is 10.8. The van der Waals surface area contributed by atoms with Crippen molar-refractivity contribution in [2.24, 2.45) is 0 Å². The van der Waals surface area contributed by atoms with Crippen LogP contribution in [0.5, 0.6) is 0 Å². The molecule has 1 N–H and O–H groups in total. The van der Waals surface area contributed by atoms with Crippen LogP contribution in [0.4, 0.5) is 5.69 Å². The number of benzene rings is 2. The quantitative estimate of drug-likeness (QED) is 0.501. The third-order valence-corrected chi connectivity index (χ3v) is 4.63. The first-order valence-electron chi connectivity index (χ1n) is 7.57. The minimum absolute atomic E-state index is 0.178. The molecule has 26 heavy (non-hydrogen) atoms. The third-order valence-electron chi connectivity index (χ3n) is 3.52. The monoisotopic (exact) mass is 428 g/mol. The summed E-state index contributed by atoms with van der Waals surface area (Å²) in [5, 5.41) is 4.62. The maximum absolute atomic E-state index is 12.1. The number of amides is 1. The summed E-state index contributed by atoms with van der Waals surface area (Å²) in [5.74, 6) is 0.719. The van der Waals surface area contributed by atoms with E-state index in [9.17, 15) is 4.79 Å². The van der Waals surface area contributed by atoms with E-state index in [-0.39, 0.29) is 12.3 Å². The molecule has 0 aliphatic carbocycles. The first kappa shape index (κ1) is 19.1. The Kier molecular flexibility index (Phi) is 6.09. The molecule has 1 amide bonds. The minimum Gasteiger partial charge on any atom is -0.441 e. The van der Waals surface area contributed by atoms with Gasteiger partial charge in [-0.2, -0.15) is 0 Å². The number of halogens is 4. The van der Waals surface area contributed by atoms with Gasteiger partial charge in [0.05, 0.1) is 21.9 Å². The van der Waals surface area contributed by atoms with Gasteiger partial charge in [0.25, 0.3) is 0 Å². The summed E-state index contributed by atoms with van der Waals surface area (Å²) in [4.78, 5) is 16.3. The lowest BCUT2D eigenvalue weighted by Gasteiger charge is -2.07. The smallest absolute Gasteiger partial charge is 0.224 e. The van der Waals surface area contributed by atoms with Crippen molar-refractivity contribution in [2.45, 2.75) is 12.8 Å².